The number of nitrogens with one attached hydrogen (secondary N) is 2. The van der Waals surface area contributed by atoms with Crippen molar-refractivity contribution in [2.75, 3.05) is 17.7 Å². The van der Waals surface area contributed by atoms with E-state index >= 15 is 0 Å². The number of aryl methyl sites for hydroxylation is 1. The standard InChI is InChI=1S/C21H21N7O3/c1-28-11-22-19(27-28)13-4-3-5-14(18(13)31-2)23-15-6-17(26-25-16(15)10-29)24-20(30)21-7-12(8-21)9-21/h3-6,10-12H,7-9H2,1-2H3,(H2,23,24,26,30). The highest BCUT2D eigenvalue weighted by molar-refractivity contribution is 5.97. The number of ether oxygens (including phenoxy) is 1. The van der Waals surface area contributed by atoms with Gasteiger partial charge in [-0.05, 0) is 37.3 Å². The van der Waals surface area contributed by atoms with Crippen LogP contribution in [-0.2, 0) is 11.8 Å². The van der Waals surface area contributed by atoms with Crippen molar-refractivity contribution in [2.24, 2.45) is 18.4 Å². The quantitative estimate of drug-likeness (QED) is 0.560. The number of amides is 1. The number of para-hydroxylation sites is 1. The van der Waals surface area contributed by atoms with E-state index in [9.17, 15) is 9.59 Å². The summed E-state index contributed by atoms with van der Waals surface area (Å²) in [5, 5.41) is 18.3. The van der Waals surface area contributed by atoms with Crippen molar-refractivity contribution in [3.8, 4) is 17.1 Å². The molecule has 3 aromatic rings. The first-order valence-corrected chi connectivity index (χ1v) is 9.96. The molecule has 3 aliphatic rings. The van der Waals surface area contributed by atoms with Crippen LogP contribution in [0.2, 0.25) is 0 Å². The van der Waals surface area contributed by atoms with Crippen LogP contribution in [0.15, 0.2) is 30.6 Å². The lowest BCUT2D eigenvalue weighted by Gasteiger charge is -2.59. The van der Waals surface area contributed by atoms with Crippen LogP contribution in [0.25, 0.3) is 11.4 Å². The fraction of sp³-hybridized carbons (Fsp3) is 0.333. The Morgan fingerprint density at radius 2 is 2.06 bits per heavy atom. The van der Waals surface area contributed by atoms with Crippen molar-refractivity contribution in [3.63, 3.8) is 0 Å². The molecular formula is C21H21N7O3. The van der Waals surface area contributed by atoms with Crippen molar-refractivity contribution in [2.45, 2.75) is 19.3 Å². The number of aromatic nitrogens is 5. The smallest absolute Gasteiger partial charge is 0.231 e. The van der Waals surface area contributed by atoms with E-state index in [1.807, 2.05) is 12.1 Å². The van der Waals surface area contributed by atoms with E-state index in [0.29, 0.717) is 46.5 Å². The number of methoxy groups -OCH3 is 1. The SMILES string of the molecule is COc1c(Nc2cc(NC(=O)C34CC(C3)C4)nnc2C=O)cccc1-c1ncn(C)n1. The molecule has 3 fully saturated rings. The number of rotatable bonds is 7. The summed E-state index contributed by atoms with van der Waals surface area (Å²) in [4.78, 5) is 28.4. The number of hydrogen-bond donors (Lipinski definition) is 2. The molecule has 10 heteroatoms. The summed E-state index contributed by atoms with van der Waals surface area (Å²) in [6, 6.07) is 7.09. The van der Waals surface area contributed by atoms with Gasteiger partial charge in [-0.1, -0.05) is 6.07 Å². The molecular weight excluding hydrogens is 398 g/mol. The maximum Gasteiger partial charge on any atom is 0.231 e. The maximum atomic E-state index is 12.6. The summed E-state index contributed by atoms with van der Waals surface area (Å²) in [7, 11) is 3.33. The minimum Gasteiger partial charge on any atom is -0.494 e. The lowest BCUT2D eigenvalue weighted by atomic mass is 9.44. The molecule has 2 bridgehead atoms. The lowest BCUT2D eigenvalue weighted by Crippen LogP contribution is -2.58. The third-order valence-electron chi connectivity index (χ3n) is 6.02. The molecule has 0 atom stereocenters. The van der Waals surface area contributed by atoms with E-state index in [-0.39, 0.29) is 17.0 Å². The third-order valence-corrected chi connectivity index (χ3v) is 6.02. The Hall–Kier alpha value is -3.82. The summed E-state index contributed by atoms with van der Waals surface area (Å²) in [6.07, 6.45) is 5.03. The van der Waals surface area contributed by atoms with Crippen LogP contribution < -0.4 is 15.4 Å². The van der Waals surface area contributed by atoms with Gasteiger partial charge in [-0.15, -0.1) is 10.2 Å². The number of anilines is 3. The van der Waals surface area contributed by atoms with Gasteiger partial charge >= 0.3 is 0 Å². The predicted octanol–water partition coefficient (Wildman–Crippen LogP) is 2.58. The number of hydrogen-bond acceptors (Lipinski definition) is 8. The van der Waals surface area contributed by atoms with E-state index in [4.69, 9.17) is 4.74 Å². The first-order chi connectivity index (χ1) is 15.0. The Morgan fingerprint density at radius 1 is 1.26 bits per heavy atom. The van der Waals surface area contributed by atoms with Gasteiger partial charge in [0.1, 0.15) is 12.0 Å². The molecule has 158 valence electrons. The Kier molecular flexibility index (Phi) is 4.42. The summed E-state index contributed by atoms with van der Waals surface area (Å²) in [5.41, 5.74) is 1.57. The maximum absolute atomic E-state index is 12.6. The van der Waals surface area contributed by atoms with Crippen molar-refractivity contribution in [1.82, 2.24) is 25.0 Å². The zero-order valence-electron chi connectivity index (χ0n) is 17.1. The Morgan fingerprint density at radius 3 is 2.68 bits per heavy atom. The van der Waals surface area contributed by atoms with Crippen LogP contribution in [0.3, 0.4) is 0 Å². The summed E-state index contributed by atoms with van der Waals surface area (Å²) in [5.74, 6) is 1.99. The fourth-order valence-corrected chi connectivity index (χ4v) is 4.29. The first kappa shape index (κ1) is 19.2. The van der Waals surface area contributed by atoms with Gasteiger partial charge in [0.15, 0.2) is 23.7 Å². The van der Waals surface area contributed by atoms with E-state index in [0.717, 1.165) is 19.3 Å². The van der Waals surface area contributed by atoms with Gasteiger partial charge in [0.2, 0.25) is 5.91 Å². The molecule has 0 unspecified atom stereocenters. The van der Waals surface area contributed by atoms with Crippen LogP contribution in [0.5, 0.6) is 5.75 Å². The average Bonchev–Trinajstić information content (AvgIpc) is 3.12. The van der Waals surface area contributed by atoms with Crippen LogP contribution in [0, 0.1) is 11.3 Å². The topological polar surface area (TPSA) is 124 Å². The molecule has 2 heterocycles. The van der Waals surface area contributed by atoms with Gasteiger partial charge in [-0.25, -0.2) is 4.98 Å². The Labute approximate surface area is 178 Å². The molecule has 10 nitrogen and oxygen atoms in total. The largest absolute Gasteiger partial charge is 0.494 e. The van der Waals surface area contributed by atoms with Crippen molar-refractivity contribution < 1.29 is 14.3 Å². The van der Waals surface area contributed by atoms with Gasteiger partial charge in [0.25, 0.3) is 0 Å². The van der Waals surface area contributed by atoms with Crippen LogP contribution in [0.1, 0.15) is 29.8 Å². The van der Waals surface area contributed by atoms with Gasteiger partial charge < -0.3 is 15.4 Å². The van der Waals surface area contributed by atoms with Crippen molar-refractivity contribution >= 4 is 29.4 Å². The second-order valence-electron chi connectivity index (χ2n) is 8.11. The molecule has 1 amide bonds. The zero-order chi connectivity index (χ0) is 21.6. The van der Waals surface area contributed by atoms with E-state index in [2.05, 4.69) is 30.9 Å². The summed E-state index contributed by atoms with van der Waals surface area (Å²) in [6.45, 7) is 0. The fourth-order valence-electron chi connectivity index (χ4n) is 4.29. The van der Waals surface area contributed by atoms with E-state index in [1.165, 1.54) is 0 Å². The number of aldehydes is 1. The highest BCUT2D eigenvalue weighted by atomic mass is 16.5. The summed E-state index contributed by atoms with van der Waals surface area (Å²) >= 11 is 0. The lowest BCUT2D eigenvalue weighted by molar-refractivity contribution is -0.158. The molecule has 31 heavy (non-hydrogen) atoms. The number of carbonyl (C=O) groups excluding carboxylic acids is 2. The highest BCUT2D eigenvalue weighted by Crippen LogP contribution is 2.64. The van der Waals surface area contributed by atoms with Gasteiger partial charge in [0, 0.05) is 13.1 Å². The van der Waals surface area contributed by atoms with Crippen LogP contribution in [0.4, 0.5) is 17.2 Å². The van der Waals surface area contributed by atoms with E-state index < -0.39 is 0 Å². The predicted molar refractivity (Wildman–Crippen MR) is 112 cm³/mol. The molecule has 6 rings (SSSR count). The normalized spacial score (nSPS) is 20.9. The minimum absolute atomic E-state index is 0.0325. The van der Waals surface area contributed by atoms with E-state index in [1.54, 1.807) is 37.3 Å². The molecule has 2 aromatic heterocycles. The molecule has 3 aliphatic carbocycles. The number of nitrogens with zero attached hydrogens (tertiary/aromatic N) is 5. The first-order valence-electron chi connectivity index (χ1n) is 9.96. The molecule has 0 aliphatic heterocycles. The average molecular weight is 419 g/mol. The Bertz CT molecular complexity index is 1170. The molecule has 2 N–H and O–H groups in total. The zero-order valence-corrected chi connectivity index (χ0v) is 17.1. The van der Waals surface area contributed by atoms with Gasteiger partial charge in [-0.2, -0.15) is 5.10 Å². The minimum atomic E-state index is -0.240. The Balaban J connectivity index is 1.45. The molecule has 1 aromatic carbocycles. The summed E-state index contributed by atoms with van der Waals surface area (Å²) < 4.78 is 7.21. The molecule has 0 spiro atoms. The highest BCUT2D eigenvalue weighted by Gasteiger charge is 2.61. The van der Waals surface area contributed by atoms with Crippen LogP contribution >= 0.6 is 0 Å². The monoisotopic (exact) mass is 419 g/mol. The molecule has 0 radical (unpaired) electrons. The number of carbonyl (C=O) groups is 2. The van der Waals surface area contributed by atoms with Gasteiger partial charge in [0.05, 0.1) is 29.5 Å². The molecule has 0 saturated heterocycles. The number of benzene rings is 1. The van der Waals surface area contributed by atoms with Crippen molar-refractivity contribution in [3.05, 3.63) is 36.3 Å². The van der Waals surface area contributed by atoms with Crippen LogP contribution in [-0.4, -0.2) is 44.3 Å². The third kappa shape index (κ3) is 3.20. The second-order valence-corrected chi connectivity index (χ2v) is 8.11. The second kappa shape index (κ2) is 7.15. The van der Waals surface area contributed by atoms with Crippen molar-refractivity contribution in [1.29, 1.82) is 0 Å². The van der Waals surface area contributed by atoms with Gasteiger partial charge in [-0.3, -0.25) is 14.3 Å². The molecule has 3 saturated carbocycles.